The van der Waals surface area contributed by atoms with Crippen LogP contribution in [0.15, 0.2) is 11.2 Å². The van der Waals surface area contributed by atoms with Crippen LogP contribution in [0.3, 0.4) is 0 Å². The average molecular weight is 284 g/mol. The van der Waals surface area contributed by atoms with Crippen molar-refractivity contribution in [3.8, 4) is 0 Å². The Morgan fingerprint density at radius 2 is 2.37 bits per heavy atom. The first-order chi connectivity index (χ1) is 9.15. The average Bonchev–Trinajstić information content (AvgIpc) is 3.05. The van der Waals surface area contributed by atoms with Crippen LogP contribution in [0.1, 0.15) is 25.1 Å². The molecular formula is C12H20N4O2S. The number of sulfonamides is 1. The smallest absolute Gasteiger partial charge is 0.259 e. The van der Waals surface area contributed by atoms with E-state index in [2.05, 4.69) is 15.0 Å². The van der Waals surface area contributed by atoms with Gasteiger partial charge in [-0.2, -0.15) is 0 Å². The van der Waals surface area contributed by atoms with E-state index >= 15 is 0 Å². The highest BCUT2D eigenvalue weighted by Gasteiger charge is 2.23. The summed E-state index contributed by atoms with van der Waals surface area (Å²) in [6.45, 7) is 3.25. The summed E-state index contributed by atoms with van der Waals surface area (Å²) in [5.41, 5.74) is 0. The maximum atomic E-state index is 12.2. The Morgan fingerprint density at radius 3 is 3.11 bits per heavy atom. The van der Waals surface area contributed by atoms with Crippen LogP contribution in [0, 0.1) is 5.92 Å². The maximum Gasteiger partial charge on any atom is 0.259 e. The van der Waals surface area contributed by atoms with E-state index in [4.69, 9.17) is 0 Å². The first-order valence-electron chi connectivity index (χ1n) is 6.91. The highest BCUT2D eigenvalue weighted by atomic mass is 32.2. The zero-order valence-electron chi connectivity index (χ0n) is 10.9. The molecule has 0 aliphatic carbocycles. The van der Waals surface area contributed by atoms with Crippen LogP contribution in [-0.4, -0.2) is 37.6 Å². The Hall–Kier alpha value is -0.920. The van der Waals surface area contributed by atoms with Crippen molar-refractivity contribution in [2.24, 2.45) is 5.92 Å². The Kier molecular flexibility index (Phi) is 3.60. The molecule has 2 N–H and O–H groups in total. The van der Waals surface area contributed by atoms with Crippen LogP contribution in [0.25, 0.3) is 0 Å². The van der Waals surface area contributed by atoms with Gasteiger partial charge in [-0.05, 0) is 38.3 Å². The largest absolute Gasteiger partial charge is 0.333 e. The molecule has 1 unspecified atom stereocenters. The van der Waals surface area contributed by atoms with E-state index in [1.165, 1.54) is 0 Å². The molecule has 1 fully saturated rings. The zero-order valence-corrected chi connectivity index (χ0v) is 11.7. The number of aromatic nitrogens is 2. The molecular weight excluding hydrogens is 264 g/mol. The summed E-state index contributed by atoms with van der Waals surface area (Å²) in [6, 6.07) is 0. The number of rotatable bonds is 4. The molecule has 0 aromatic carbocycles. The number of nitrogens with zero attached hydrogens (tertiary/aromatic N) is 2. The number of hydrogen-bond acceptors (Lipinski definition) is 4. The van der Waals surface area contributed by atoms with Gasteiger partial charge in [0.1, 0.15) is 5.82 Å². The topological polar surface area (TPSA) is 76.0 Å². The number of nitrogens with one attached hydrogen (secondary N) is 2. The van der Waals surface area contributed by atoms with Crippen molar-refractivity contribution >= 4 is 10.0 Å². The number of imidazole rings is 1. The van der Waals surface area contributed by atoms with Crippen LogP contribution in [0.4, 0.5) is 0 Å². The van der Waals surface area contributed by atoms with Crippen LogP contribution >= 0.6 is 0 Å². The van der Waals surface area contributed by atoms with E-state index in [0.29, 0.717) is 12.5 Å². The molecule has 19 heavy (non-hydrogen) atoms. The van der Waals surface area contributed by atoms with Crippen molar-refractivity contribution in [2.75, 3.05) is 19.6 Å². The lowest BCUT2D eigenvalue weighted by Gasteiger charge is -2.11. The molecule has 106 valence electrons. The monoisotopic (exact) mass is 284 g/mol. The van der Waals surface area contributed by atoms with Crippen molar-refractivity contribution in [3.05, 3.63) is 12.0 Å². The second-order valence-corrected chi connectivity index (χ2v) is 7.07. The van der Waals surface area contributed by atoms with Gasteiger partial charge in [0.15, 0.2) is 5.03 Å². The van der Waals surface area contributed by atoms with Crippen molar-refractivity contribution in [1.82, 2.24) is 19.6 Å². The van der Waals surface area contributed by atoms with E-state index < -0.39 is 10.0 Å². The predicted octanol–water partition coefficient (Wildman–Crippen LogP) is 0.107. The second-order valence-electron chi connectivity index (χ2n) is 5.36. The molecule has 3 rings (SSSR count). The summed E-state index contributed by atoms with van der Waals surface area (Å²) in [4.78, 5) is 4.26. The van der Waals surface area contributed by atoms with Crippen molar-refractivity contribution in [1.29, 1.82) is 0 Å². The minimum absolute atomic E-state index is 0.176. The maximum absolute atomic E-state index is 12.2. The van der Waals surface area contributed by atoms with E-state index in [1.54, 1.807) is 6.20 Å². The lowest BCUT2D eigenvalue weighted by atomic mass is 10.1. The molecule has 0 spiro atoms. The molecule has 6 nitrogen and oxygen atoms in total. The fraction of sp³-hybridized carbons (Fsp3) is 0.750. The number of fused-ring (bicyclic) bond motifs is 1. The van der Waals surface area contributed by atoms with Gasteiger partial charge >= 0.3 is 0 Å². The predicted molar refractivity (Wildman–Crippen MR) is 71.3 cm³/mol. The Balaban J connectivity index is 1.70. The van der Waals surface area contributed by atoms with Gasteiger partial charge in [0, 0.05) is 25.7 Å². The van der Waals surface area contributed by atoms with Crippen molar-refractivity contribution < 1.29 is 8.42 Å². The van der Waals surface area contributed by atoms with Crippen LogP contribution in [0.5, 0.6) is 0 Å². The molecule has 3 heterocycles. The molecule has 2 aliphatic heterocycles. The van der Waals surface area contributed by atoms with E-state index in [-0.39, 0.29) is 5.03 Å². The van der Waals surface area contributed by atoms with Gasteiger partial charge in [0.05, 0.1) is 0 Å². The summed E-state index contributed by atoms with van der Waals surface area (Å²) in [6.07, 6.45) is 5.77. The van der Waals surface area contributed by atoms with Gasteiger partial charge in [-0.3, -0.25) is 0 Å². The quantitative estimate of drug-likeness (QED) is 0.822. The van der Waals surface area contributed by atoms with Gasteiger partial charge in [-0.15, -0.1) is 0 Å². The van der Waals surface area contributed by atoms with Crippen molar-refractivity contribution in [2.45, 2.75) is 37.3 Å². The first kappa shape index (κ1) is 13.1. The summed E-state index contributed by atoms with van der Waals surface area (Å²) >= 11 is 0. The molecule has 1 saturated heterocycles. The van der Waals surface area contributed by atoms with Gasteiger partial charge in [-0.25, -0.2) is 18.1 Å². The number of aryl methyl sites for hydroxylation is 2. The third kappa shape index (κ3) is 2.82. The Bertz CT molecular complexity index is 523. The summed E-state index contributed by atoms with van der Waals surface area (Å²) in [5, 5.41) is 3.41. The summed E-state index contributed by atoms with van der Waals surface area (Å²) in [5.74, 6) is 1.29. The lowest BCUT2D eigenvalue weighted by Crippen LogP contribution is -2.30. The second kappa shape index (κ2) is 5.22. The summed E-state index contributed by atoms with van der Waals surface area (Å²) in [7, 11) is -3.45. The lowest BCUT2D eigenvalue weighted by molar-refractivity contribution is 0.522. The molecule has 0 saturated carbocycles. The minimum atomic E-state index is -3.45. The van der Waals surface area contributed by atoms with E-state index in [9.17, 15) is 8.42 Å². The Labute approximate surface area is 113 Å². The van der Waals surface area contributed by atoms with Crippen molar-refractivity contribution in [3.63, 3.8) is 0 Å². The molecule has 1 atom stereocenters. The van der Waals surface area contributed by atoms with Gasteiger partial charge < -0.3 is 9.88 Å². The third-order valence-corrected chi connectivity index (χ3v) is 5.18. The molecule has 2 aliphatic rings. The highest BCUT2D eigenvalue weighted by molar-refractivity contribution is 7.89. The molecule has 0 radical (unpaired) electrons. The molecule has 0 bridgehead atoms. The molecule has 1 aromatic rings. The Morgan fingerprint density at radius 1 is 1.47 bits per heavy atom. The fourth-order valence-electron chi connectivity index (χ4n) is 2.71. The summed E-state index contributed by atoms with van der Waals surface area (Å²) < 4.78 is 29.0. The minimum Gasteiger partial charge on any atom is -0.333 e. The number of hydrogen-bond donors (Lipinski definition) is 2. The first-order valence-corrected chi connectivity index (χ1v) is 8.40. The normalized spacial score (nSPS) is 23.5. The van der Waals surface area contributed by atoms with E-state index in [0.717, 1.165) is 51.1 Å². The van der Waals surface area contributed by atoms with Crippen LogP contribution in [0.2, 0.25) is 0 Å². The van der Waals surface area contributed by atoms with Crippen LogP contribution in [-0.2, 0) is 23.0 Å². The molecule has 0 amide bonds. The zero-order chi connectivity index (χ0) is 13.3. The molecule has 1 aromatic heterocycles. The van der Waals surface area contributed by atoms with Gasteiger partial charge in [0.2, 0.25) is 0 Å². The third-order valence-electron chi connectivity index (χ3n) is 3.89. The highest BCUT2D eigenvalue weighted by Crippen LogP contribution is 2.17. The standard InChI is InChI=1S/C12H20N4O2S/c17-19(18,14-8-10-4-5-13-7-10)12-9-16-6-2-1-3-11(16)15-12/h9-10,13-14H,1-8H2. The van der Waals surface area contributed by atoms with Crippen LogP contribution < -0.4 is 10.0 Å². The SMILES string of the molecule is O=S(=O)(NCC1CCNC1)c1cn2c(n1)CCCC2. The van der Waals surface area contributed by atoms with Gasteiger partial charge in [-0.1, -0.05) is 0 Å². The van der Waals surface area contributed by atoms with E-state index in [1.807, 2.05) is 4.57 Å². The fourth-order valence-corrected chi connectivity index (χ4v) is 3.80. The molecule has 7 heteroatoms. The van der Waals surface area contributed by atoms with Gasteiger partial charge in [0.25, 0.3) is 10.0 Å².